The van der Waals surface area contributed by atoms with Crippen molar-refractivity contribution in [3.63, 3.8) is 0 Å². The van der Waals surface area contributed by atoms with Crippen molar-refractivity contribution in [2.45, 2.75) is 38.4 Å². The van der Waals surface area contributed by atoms with Crippen molar-refractivity contribution in [1.82, 2.24) is 5.32 Å². The third kappa shape index (κ3) is 3.23. The fourth-order valence-electron chi connectivity index (χ4n) is 3.99. The highest BCUT2D eigenvalue weighted by atomic mass is 19.4. The molecule has 2 aliphatic rings. The summed E-state index contributed by atoms with van der Waals surface area (Å²) in [4.78, 5) is 0. The second-order valence-corrected chi connectivity index (χ2v) is 6.37. The summed E-state index contributed by atoms with van der Waals surface area (Å²) < 4.78 is 51.7. The van der Waals surface area contributed by atoms with Crippen LogP contribution in [-0.2, 0) is 12.7 Å². The van der Waals surface area contributed by atoms with Gasteiger partial charge in [0, 0.05) is 6.54 Å². The topological polar surface area (TPSA) is 12.0 Å². The molecule has 0 heterocycles. The maximum atomic E-state index is 13.0. The molecule has 1 nitrogen and oxygen atoms in total. The predicted molar refractivity (Wildman–Crippen MR) is 72.0 cm³/mol. The first-order chi connectivity index (χ1) is 9.93. The van der Waals surface area contributed by atoms with Gasteiger partial charge in [-0.3, -0.25) is 0 Å². The van der Waals surface area contributed by atoms with Gasteiger partial charge in [-0.05, 0) is 61.3 Å². The van der Waals surface area contributed by atoms with E-state index < -0.39 is 17.6 Å². The lowest BCUT2D eigenvalue weighted by atomic mass is 9.89. The molecule has 1 aromatic carbocycles. The van der Waals surface area contributed by atoms with Crippen LogP contribution in [0.1, 0.15) is 36.8 Å². The minimum absolute atomic E-state index is 0.118. The highest BCUT2D eigenvalue weighted by molar-refractivity contribution is 5.30. The Kier molecular flexibility index (Phi) is 3.95. The molecule has 0 saturated heterocycles. The highest BCUT2D eigenvalue weighted by Crippen LogP contribution is 2.48. The lowest BCUT2D eigenvalue weighted by Gasteiger charge is -2.22. The molecule has 1 aromatic rings. The van der Waals surface area contributed by atoms with Crippen molar-refractivity contribution in [2.75, 3.05) is 6.54 Å². The molecule has 2 bridgehead atoms. The molecule has 5 heteroatoms. The molecular formula is C16H19F4N. The maximum Gasteiger partial charge on any atom is 0.416 e. The first-order valence-corrected chi connectivity index (χ1v) is 7.50. The maximum absolute atomic E-state index is 13.0. The van der Waals surface area contributed by atoms with Crippen LogP contribution in [-0.4, -0.2) is 6.54 Å². The highest BCUT2D eigenvalue weighted by Gasteiger charge is 2.39. The number of alkyl halides is 3. The van der Waals surface area contributed by atoms with Crippen molar-refractivity contribution in [1.29, 1.82) is 0 Å². The van der Waals surface area contributed by atoms with E-state index >= 15 is 0 Å². The summed E-state index contributed by atoms with van der Waals surface area (Å²) in [5, 5.41) is 3.14. The van der Waals surface area contributed by atoms with Crippen molar-refractivity contribution >= 4 is 0 Å². The molecule has 0 radical (unpaired) electrons. The first kappa shape index (κ1) is 14.8. The second kappa shape index (κ2) is 5.59. The van der Waals surface area contributed by atoms with E-state index in [-0.39, 0.29) is 12.1 Å². The molecule has 1 N–H and O–H groups in total. The van der Waals surface area contributed by atoms with Crippen LogP contribution in [0.15, 0.2) is 18.2 Å². The summed E-state index contributed by atoms with van der Waals surface area (Å²) in [5.74, 6) is 1.33. The first-order valence-electron chi connectivity index (χ1n) is 7.50. The Hall–Kier alpha value is -1.10. The van der Waals surface area contributed by atoms with Crippen LogP contribution in [0.25, 0.3) is 0 Å². The van der Waals surface area contributed by atoms with Gasteiger partial charge in [-0.15, -0.1) is 0 Å². The predicted octanol–water partition coefficient (Wildman–Crippen LogP) is 4.37. The molecular weight excluding hydrogens is 282 g/mol. The van der Waals surface area contributed by atoms with Crippen LogP contribution < -0.4 is 5.32 Å². The third-order valence-electron chi connectivity index (χ3n) is 4.98. The normalized spacial score (nSPS) is 28.3. The molecule has 21 heavy (non-hydrogen) atoms. The smallest absolute Gasteiger partial charge is 0.312 e. The van der Waals surface area contributed by atoms with Crippen LogP contribution in [0.4, 0.5) is 17.6 Å². The quantitative estimate of drug-likeness (QED) is 0.814. The van der Waals surface area contributed by atoms with Crippen molar-refractivity contribution in [2.24, 2.45) is 17.8 Å². The Morgan fingerprint density at radius 2 is 1.95 bits per heavy atom. The van der Waals surface area contributed by atoms with Crippen molar-refractivity contribution in [3.05, 3.63) is 35.1 Å². The van der Waals surface area contributed by atoms with E-state index in [9.17, 15) is 17.6 Å². The van der Waals surface area contributed by atoms with Gasteiger partial charge >= 0.3 is 6.18 Å². The summed E-state index contributed by atoms with van der Waals surface area (Å²) in [6.45, 7) is 0.902. The van der Waals surface area contributed by atoms with Crippen LogP contribution in [0.5, 0.6) is 0 Å². The lowest BCUT2D eigenvalue weighted by Crippen LogP contribution is -2.27. The van der Waals surface area contributed by atoms with E-state index in [0.29, 0.717) is 12.0 Å². The van der Waals surface area contributed by atoms with Gasteiger partial charge in [0.05, 0.1) is 5.56 Å². The number of fused-ring (bicyclic) bond motifs is 2. The lowest BCUT2D eigenvalue weighted by molar-refractivity contribution is -0.138. The molecule has 2 saturated carbocycles. The molecule has 2 fully saturated rings. The number of halogens is 4. The van der Waals surface area contributed by atoms with Crippen LogP contribution in [0, 0.1) is 23.6 Å². The third-order valence-corrected chi connectivity index (χ3v) is 4.98. The molecule has 0 aliphatic heterocycles. The SMILES string of the molecule is Fc1ccc(CNCC2CC3CCC2C3)c(C(F)(F)F)c1. The Labute approximate surface area is 121 Å². The number of hydrogen-bond acceptors (Lipinski definition) is 1. The van der Waals surface area contributed by atoms with E-state index in [2.05, 4.69) is 5.32 Å². The Morgan fingerprint density at radius 3 is 2.57 bits per heavy atom. The molecule has 0 aromatic heterocycles. The molecule has 116 valence electrons. The van der Waals surface area contributed by atoms with Gasteiger partial charge in [0.15, 0.2) is 0 Å². The molecule has 0 amide bonds. The Morgan fingerprint density at radius 1 is 1.14 bits per heavy atom. The monoisotopic (exact) mass is 301 g/mol. The number of nitrogens with one attached hydrogen (secondary N) is 1. The number of hydrogen-bond donors (Lipinski definition) is 1. The molecule has 0 spiro atoms. The van der Waals surface area contributed by atoms with Gasteiger partial charge in [0.25, 0.3) is 0 Å². The minimum atomic E-state index is -4.51. The van der Waals surface area contributed by atoms with E-state index in [0.717, 1.165) is 24.4 Å². The number of benzene rings is 1. The van der Waals surface area contributed by atoms with Gasteiger partial charge in [0.1, 0.15) is 5.82 Å². The van der Waals surface area contributed by atoms with E-state index in [1.165, 1.54) is 31.7 Å². The summed E-state index contributed by atoms with van der Waals surface area (Å²) in [6, 6.07) is 2.89. The minimum Gasteiger partial charge on any atom is -0.312 e. The summed E-state index contributed by atoms with van der Waals surface area (Å²) in [6.07, 6.45) is 0.564. The fourth-order valence-corrected chi connectivity index (χ4v) is 3.99. The largest absolute Gasteiger partial charge is 0.416 e. The van der Waals surface area contributed by atoms with E-state index in [4.69, 9.17) is 0 Å². The van der Waals surface area contributed by atoms with Crippen molar-refractivity contribution < 1.29 is 17.6 Å². The molecule has 3 rings (SSSR count). The standard InChI is InChI=1S/C16H19F4N/c17-14-4-3-12(15(7-14)16(18,19)20)8-21-9-13-6-10-1-2-11(13)5-10/h3-4,7,10-11,13,21H,1-2,5-6,8-9H2. The molecule has 2 aliphatic carbocycles. The average Bonchev–Trinajstić information content (AvgIpc) is 3.01. The zero-order valence-corrected chi connectivity index (χ0v) is 11.7. The number of rotatable bonds is 4. The summed E-state index contributed by atoms with van der Waals surface area (Å²) in [7, 11) is 0. The van der Waals surface area contributed by atoms with Gasteiger partial charge in [-0.2, -0.15) is 13.2 Å². The Bertz CT molecular complexity index is 511. The van der Waals surface area contributed by atoms with Gasteiger partial charge < -0.3 is 5.32 Å². The molecule has 3 atom stereocenters. The van der Waals surface area contributed by atoms with E-state index in [1.807, 2.05) is 0 Å². The molecule has 3 unspecified atom stereocenters. The Balaban J connectivity index is 1.60. The van der Waals surface area contributed by atoms with Crippen LogP contribution in [0.3, 0.4) is 0 Å². The van der Waals surface area contributed by atoms with Gasteiger partial charge in [-0.1, -0.05) is 12.5 Å². The van der Waals surface area contributed by atoms with Crippen molar-refractivity contribution in [3.8, 4) is 0 Å². The second-order valence-electron chi connectivity index (χ2n) is 6.37. The van der Waals surface area contributed by atoms with E-state index in [1.54, 1.807) is 0 Å². The van der Waals surface area contributed by atoms with Crippen LogP contribution in [0.2, 0.25) is 0 Å². The zero-order chi connectivity index (χ0) is 15.0. The fraction of sp³-hybridized carbons (Fsp3) is 0.625. The van der Waals surface area contributed by atoms with Gasteiger partial charge in [0.2, 0.25) is 0 Å². The average molecular weight is 301 g/mol. The summed E-state index contributed by atoms with van der Waals surface area (Å²) >= 11 is 0. The van der Waals surface area contributed by atoms with Crippen LogP contribution >= 0.6 is 0 Å². The van der Waals surface area contributed by atoms with Gasteiger partial charge in [-0.25, -0.2) is 4.39 Å². The zero-order valence-electron chi connectivity index (χ0n) is 11.7. The summed E-state index contributed by atoms with van der Waals surface area (Å²) in [5.41, 5.74) is -0.755.